The van der Waals surface area contributed by atoms with Gasteiger partial charge in [0, 0.05) is 29.6 Å². The highest BCUT2D eigenvalue weighted by molar-refractivity contribution is 6.01. The zero-order valence-corrected chi connectivity index (χ0v) is 21.4. The van der Waals surface area contributed by atoms with Crippen LogP contribution in [0.3, 0.4) is 0 Å². The molecule has 1 saturated heterocycles. The first kappa shape index (κ1) is 25.3. The Labute approximate surface area is 210 Å². The summed E-state index contributed by atoms with van der Waals surface area (Å²) in [5.74, 6) is -2.67. The Balaban J connectivity index is 1.57. The zero-order chi connectivity index (χ0) is 26.1. The number of allylic oxidation sites excluding steroid dienone is 2. The molecular weight excluding hydrogens is 467 g/mol. The molecule has 4 fully saturated rings. The number of carbonyl (C=O) groups is 4. The summed E-state index contributed by atoms with van der Waals surface area (Å²) in [4.78, 5) is 50.5. The molecule has 7 nitrogen and oxygen atoms in total. The van der Waals surface area contributed by atoms with E-state index in [4.69, 9.17) is 14.2 Å². The molecule has 5 rings (SSSR count). The van der Waals surface area contributed by atoms with Gasteiger partial charge < -0.3 is 14.2 Å². The molecule has 0 N–H and O–H groups in total. The maximum atomic E-state index is 14.8. The molecule has 0 unspecified atom stereocenters. The van der Waals surface area contributed by atoms with Crippen molar-refractivity contribution in [3.63, 3.8) is 0 Å². The van der Waals surface area contributed by atoms with Crippen LogP contribution in [0.2, 0.25) is 0 Å². The molecule has 0 aromatic carbocycles. The number of esters is 2. The Morgan fingerprint density at radius 2 is 1.86 bits per heavy atom. The number of hydrogen-bond acceptors (Lipinski definition) is 7. The summed E-state index contributed by atoms with van der Waals surface area (Å²) < 4.78 is 32.5. The van der Waals surface area contributed by atoms with Gasteiger partial charge in [-0.2, -0.15) is 0 Å². The van der Waals surface area contributed by atoms with E-state index >= 15 is 0 Å². The van der Waals surface area contributed by atoms with Crippen molar-refractivity contribution in [1.82, 2.24) is 0 Å². The Hall–Kier alpha value is -2.35. The third-order valence-corrected chi connectivity index (χ3v) is 10.1. The van der Waals surface area contributed by atoms with Crippen LogP contribution in [0.1, 0.15) is 66.2 Å². The fraction of sp³-hybridized carbons (Fsp3) is 0.714. The minimum atomic E-state index is -1.74. The van der Waals surface area contributed by atoms with Gasteiger partial charge in [-0.15, -0.1) is 0 Å². The van der Waals surface area contributed by atoms with E-state index in [2.05, 4.69) is 6.92 Å². The van der Waals surface area contributed by atoms with Gasteiger partial charge in [0.25, 0.3) is 0 Å². The van der Waals surface area contributed by atoms with Crippen LogP contribution in [0.15, 0.2) is 23.8 Å². The van der Waals surface area contributed by atoms with Crippen LogP contribution >= 0.6 is 0 Å². The third-order valence-electron chi connectivity index (χ3n) is 10.1. The van der Waals surface area contributed by atoms with Gasteiger partial charge >= 0.3 is 11.9 Å². The highest BCUT2D eigenvalue weighted by Crippen LogP contribution is 2.77. The third kappa shape index (κ3) is 3.06. The van der Waals surface area contributed by atoms with E-state index in [9.17, 15) is 23.6 Å². The molecule has 0 aromatic heterocycles. The molecule has 8 heteroatoms. The van der Waals surface area contributed by atoms with Crippen molar-refractivity contribution in [3.8, 4) is 0 Å². The highest BCUT2D eigenvalue weighted by atomic mass is 19.1. The quantitative estimate of drug-likeness (QED) is 0.385. The number of ketones is 2. The number of alkyl halides is 1. The number of Topliss-reactive ketones (excluding diaryl/α,β-unsaturated/α-hetero) is 1. The summed E-state index contributed by atoms with van der Waals surface area (Å²) in [6, 6.07) is 0. The summed E-state index contributed by atoms with van der Waals surface area (Å²) in [6.07, 6.45) is 7.45. The Morgan fingerprint density at radius 1 is 1.14 bits per heavy atom. The van der Waals surface area contributed by atoms with Crippen molar-refractivity contribution in [3.05, 3.63) is 23.8 Å². The first-order valence-electron chi connectivity index (χ1n) is 13.1. The molecule has 196 valence electrons. The molecule has 36 heavy (non-hydrogen) atoms. The van der Waals surface area contributed by atoms with E-state index in [-0.39, 0.29) is 36.6 Å². The van der Waals surface area contributed by atoms with E-state index < -0.39 is 59.0 Å². The van der Waals surface area contributed by atoms with Gasteiger partial charge in [-0.1, -0.05) is 32.4 Å². The average molecular weight is 503 g/mol. The minimum Gasteiger partial charge on any atom is -0.457 e. The number of halogens is 1. The second kappa shape index (κ2) is 8.33. The smallest absolute Gasteiger partial charge is 0.306 e. The Bertz CT molecular complexity index is 1080. The molecule has 1 heterocycles. The van der Waals surface area contributed by atoms with E-state index in [1.807, 2.05) is 13.0 Å². The summed E-state index contributed by atoms with van der Waals surface area (Å²) in [5, 5.41) is 0. The normalized spacial score (nSPS) is 43.9. The largest absolute Gasteiger partial charge is 0.457 e. The first-order valence-corrected chi connectivity index (χ1v) is 13.1. The van der Waals surface area contributed by atoms with Crippen molar-refractivity contribution in [2.24, 2.45) is 28.6 Å². The molecule has 3 saturated carbocycles. The van der Waals surface area contributed by atoms with Crippen LogP contribution < -0.4 is 0 Å². The van der Waals surface area contributed by atoms with Crippen molar-refractivity contribution >= 4 is 23.5 Å². The number of hydrogen-bond donors (Lipinski definition) is 0. The molecule has 0 aromatic rings. The predicted octanol–water partition coefficient (Wildman–Crippen LogP) is 3.84. The van der Waals surface area contributed by atoms with Crippen molar-refractivity contribution in [2.45, 2.75) is 83.5 Å². The van der Waals surface area contributed by atoms with Crippen LogP contribution in [-0.2, 0) is 33.4 Å². The molecule has 0 bridgehead atoms. The monoisotopic (exact) mass is 502 g/mol. The van der Waals surface area contributed by atoms with Gasteiger partial charge in [-0.25, -0.2) is 0 Å². The Morgan fingerprint density at radius 3 is 2.53 bits per heavy atom. The summed E-state index contributed by atoms with van der Waals surface area (Å²) in [6.45, 7) is 5.92. The second-order valence-corrected chi connectivity index (χ2v) is 11.5. The van der Waals surface area contributed by atoms with E-state index in [1.54, 1.807) is 26.0 Å². The first-order chi connectivity index (χ1) is 17.0. The van der Waals surface area contributed by atoms with Gasteiger partial charge in [-0.05, 0) is 56.6 Å². The van der Waals surface area contributed by atoms with Gasteiger partial charge in [0.2, 0.25) is 5.78 Å². The number of carbonyl (C=O) groups excluding carboxylic acids is 4. The van der Waals surface area contributed by atoms with Crippen LogP contribution in [0.4, 0.5) is 4.39 Å². The molecule has 0 amide bonds. The van der Waals surface area contributed by atoms with E-state index in [0.717, 1.165) is 12.0 Å². The van der Waals surface area contributed by atoms with Crippen LogP contribution in [0, 0.1) is 28.6 Å². The lowest BCUT2D eigenvalue weighted by Crippen LogP contribution is -2.64. The van der Waals surface area contributed by atoms with Crippen molar-refractivity contribution in [2.75, 3.05) is 13.3 Å². The number of rotatable bonds is 7. The molecule has 1 aliphatic heterocycles. The molecule has 5 aliphatic rings. The van der Waals surface area contributed by atoms with Gasteiger partial charge in [0.1, 0.15) is 5.60 Å². The molecule has 4 aliphatic carbocycles. The molecule has 8 atom stereocenters. The average Bonchev–Trinajstić information content (AvgIpc) is 3.52. The van der Waals surface area contributed by atoms with E-state index in [0.29, 0.717) is 19.3 Å². The van der Waals surface area contributed by atoms with E-state index in [1.165, 1.54) is 0 Å². The zero-order valence-electron chi connectivity index (χ0n) is 21.4. The topological polar surface area (TPSA) is 99.3 Å². The van der Waals surface area contributed by atoms with Crippen LogP contribution in [-0.4, -0.2) is 54.1 Å². The number of fused-ring (bicyclic) bond motifs is 3. The lowest BCUT2D eigenvalue weighted by atomic mass is 9.46. The SMILES string of the molecule is CCC(=O)OCC(=O)[C@@]1(OC(=O)CC)[C@@H](CF)C[C@H]2[C@@H]3CCC4=CC(=O)C=C[C@]4(C)[C@@]34O[C@H]4C[C@@]21C. The summed E-state index contributed by atoms with van der Waals surface area (Å²) in [5.41, 5.74) is -2.54. The maximum Gasteiger partial charge on any atom is 0.306 e. The Kier molecular flexibility index (Phi) is 5.86. The summed E-state index contributed by atoms with van der Waals surface area (Å²) >= 11 is 0. The highest BCUT2D eigenvalue weighted by Gasteiger charge is 2.83. The fourth-order valence-corrected chi connectivity index (χ4v) is 8.38. The van der Waals surface area contributed by atoms with Gasteiger partial charge in [0.05, 0.1) is 12.8 Å². The lowest BCUT2D eigenvalue weighted by Gasteiger charge is -2.56. The van der Waals surface area contributed by atoms with Crippen molar-refractivity contribution < 1.29 is 37.8 Å². The lowest BCUT2D eigenvalue weighted by molar-refractivity contribution is -0.196. The van der Waals surface area contributed by atoms with Gasteiger partial charge in [0.15, 0.2) is 18.0 Å². The number of epoxide rings is 1. The maximum absolute atomic E-state index is 14.8. The van der Waals surface area contributed by atoms with Crippen molar-refractivity contribution in [1.29, 1.82) is 0 Å². The second-order valence-electron chi connectivity index (χ2n) is 11.5. The minimum absolute atomic E-state index is 0.00324. The predicted molar refractivity (Wildman–Crippen MR) is 126 cm³/mol. The van der Waals surface area contributed by atoms with Crippen LogP contribution in [0.5, 0.6) is 0 Å². The fourth-order valence-electron chi connectivity index (χ4n) is 8.38. The standard InChI is InChI=1S/C28H35FO7/c1-5-23(32)34-15-21(31)27(36-24(33)6-2)17(14-29)12-20-19-8-7-16-11-18(30)9-10-25(16,3)28(19)22(35-28)13-26(20,27)4/h9-11,17,19-20,22H,5-8,12-15H2,1-4H3/t17-,19+,20+,22+,25+,26+,27+,28-/m1/s1. The van der Waals surface area contributed by atoms with Gasteiger partial charge in [-0.3, -0.25) is 23.6 Å². The molecule has 0 radical (unpaired) electrons. The number of ether oxygens (including phenoxy) is 3. The van der Waals surface area contributed by atoms with Crippen LogP contribution in [0.25, 0.3) is 0 Å². The molecule has 1 spiro atoms. The summed E-state index contributed by atoms with van der Waals surface area (Å²) in [7, 11) is 0. The molecular formula is C28H35FO7.